The third-order valence-corrected chi connectivity index (χ3v) is 5.98. The topological polar surface area (TPSA) is 86.4 Å². The van der Waals surface area contributed by atoms with E-state index in [1.54, 1.807) is 12.1 Å². The van der Waals surface area contributed by atoms with Crippen LogP contribution in [-0.2, 0) is 4.79 Å². The lowest BCUT2D eigenvalue weighted by molar-refractivity contribution is -0.123. The van der Waals surface area contributed by atoms with E-state index in [0.717, 1.165) is 55.1 Å². The zero-order valence-corrected chi connectivity index (χ0v) is 19.7. The second-order valence-corrected chi connectivity index (χ2v) is 8.66. The van der Waals surface area contributed by atoms with Crippen LogP contribution in [0, 0.1) is 19.7 Å². The van der Waals surface area contributed by atoms with Gasteiger partial charge in [-0.05, 0) is 62.9 Å². The minimum atomic E-state index is -0.295. The van der Waals surface area contributed by atoms with Gasteiger partial charge in [-0.3, -0.25) is 9.78 Å². The zero-order chi connectivity index (χ0) is 23.8. The van der Waals surface area contributed by atoms with Crippen LogP contribution in [0.15, 0.2) is 36.4 Å². The molecule has 7 nitrogen and oxygen atoms in total. The molecule has 1 saturated heterocycles. The normalized spacial score (nSPS) is 15.6. The molecule has 1 unspecified atom stereocenters. The van der Waals surface area contributed by atoms with Gasteiger partial charge in [-0.25, -0.2) is 9.18 Å². The number of pyridine rings is 1. The first-order valence-corrected chi connectivity index (χ1v) is 11.6. The van der Waals surface area contributed by atoms with Crippen LogP contribution in [0.25, 0.3) is 0 Å². The molecule has 1 aliphatic rings. The second-order valence-electron chi connectivity index (χ2n) is 8.66. The van der Waals surface area contributed by atoms with Crippen molar-refractivity contribution in [3.05, 3.63) is 59.2 Å². The summed E-state index contributed by atoms with van der Waals surface area (Å²) in [7, 11) is 0. The summed E-state index contributed by atoms with van der Waals surface area (Å²) in [5, 5.41) is 8.91. The SMILES string of the molecule is CCC(C(=O)NC1CCN(CCNC(=O)Nc2cc(C)nc(C)c2)CC1)c1ccc(F)cc1. The first kappa shape index (κ1) is 24.6. The average molecular weight is 456 g/mol. The van der Waals surface area contributed by atoms with Crippen molar-refractivity contribution < 1.29 is 14.0 Å². The van der Waals surface area contributed by atoms with Gasteiger partial charge in [0.25, 0.3) is 0 Å². The van der Waals surface area contributed by atoms with E-state index in [9.17, 15) is 14.0 Å². The summed E-state index contributed by atoms with van der Waals surface area (Å²) >= 11 is 0. The van der Waals surface area contributed by atoms with E-state index in [-0.39, 0.29) is 29.7 Å². The Balaban J connectivity index is 1.36. The third kappa shape index (κ3) is 7.53. The minimum Gasteiger partial charge on any atom is -0.353 e. The molecule has 0 radical (unpaired) electrons. The van der Waals surface area contributed by atoms with Crippen molar-refractivity contribution in [2.75, 3.05) is 31.5 Å². The van der Waals surface area contributed by atoms with Crippen molar-refractivity contribution in [2.24, 2.45) is 0 Å². The van der Waals surface area contributed by atoms with E-state index < -0.39 is 0 Å². The Morgan fingerprint density at radius 2 is 1.76 bits per heavy atom. The van der Waals surface area contributed by atoms with E-state index >= 15 is 0 Å². The highest BCUT2D eigenvalue weighted by Gasteiger charge is 2.25. The molecule has 1 atom stereocenters. The molecule has 0 aliphatic carbocycles. The number of anilines is 1. The van der Waals surface area contributed by atoms with Crippen LogP contribution in [0.4, 0.5) is 14.9 Å². The molecule has 1 aromatic carbocycles. The average Bonchev–Trinajstić information content (AvgIpc) is 2.76. The van der Waals surface area contributed by atoms with Crippen molar-refractivity contribution in [3.8, 4) is 0 Å². The maximum atomic E-state index is 13.2. The van der Waals surface area contributed by atoms with Gasteiger partial charge in [0.2, 0.25) is 5.91 Å². The largest absolute Gasteiger partial charge is 0.353 e. The lowest BCUT2D eigenvalue weighted by Crippen LogP contribution is -2.47. The van der Waals surface area contributed by atoms with Gasteiger partial charge in [-0.15, -0.1) is 0 Å². The summed E-state index contributed by atoms with van der Waals surface area (Å²) in [6.07, 6.45) is 2.41. The quantitative estimate of drug-likeness (QED) is 0.566. The molecule has 3 amide bonds. The van der Waals surface area contributed by atoms with Crippen LogP contribution in [0.2, 0.25) is 0 Å². The monoisotopic (exact) mass is 455 g/mol. The molecule has 2 heterocycles. The number of aromatic nitrogens is 1. The minimum absolute atomic E-state index is 0.00230. The number of carbonyl (C=O) groups excluding carboxylic acids is 2. The number of amides is 3. The van der Waals surface area contributed by atoms with Crippen LogP contribution in [0.3, 0.4) is 0 Å². The van der Waals surface area contributed by atoms with Crippen molar-refractivity contribution in [1.29, 1.82) is 0 Å². The number of nitrogens with zero attached hydrogens (tertiary/aromatic N) is 2. The number of aryl methyl sites for hydroxylation is 2. The highest BCUT2D eigenvalue weighted by molar-refractivity contribution is 5.89. The maximum Gasteiger partial charge on any atom is 0.319 e. The summed E-state index contributed by atoms with van der Waals surface area (Å²) in [5.41, 5.74) is 3.31. The van der Waals surface area contributed by atoms with Crippen LogP contribution in [-0.4, -0.2) is 54.0 Å². The van der Waals surface area contributed by atoms with Gasteiger partial charge in [0.05, 0.1) is 5.92 Å². The van der Waals surface area contributed by atoms with Crippen molar-refractivity contribution in [1.82, 2.24) is 20.5 Å². The van der Waals surface area contributed by atoms with E-state index in [0.29, 0.717) is 13.0 Å². The standard InChI is InChI=1S/C25H34FN5O2/c1-4-23(19-5-7-20(26)8-6-19)24(32)29-21-9-12-31(13-10-21)14-11-27-25(33)30-22-15-17(2)28-18(3)16-22/h5-8,15-16,21,23H,4,9-14H2,1-3H3,(H,29,32)(H2,27,28,30,33). The number of piperidine rings is 1. The van der Waals surface area contributed by atoms with Crippen LogP contribution in [0.5, 0.6) is 0 Å². The van der Waals surface area contributed by atoms with Gasteiger partial charge in [0.1, 0.15) is 5.82 Å². The number of likely N-dealkylation sites (tertiary alicyclic amines) is 1. The van der Waals surface area contributed by atoms with Crippen molar-refractivity contribution >= 4 is 17.6 Å². The Kier molecular flexibility index (Phi) is 8.77. The molecule has 33 heavy (non-hydrogen) atoms. The number of hydrogen-bond acceptors (Lipinski definition) is 4. The number of nitrogens with one attached hydrogen (secondary N) is 3. The number of urea groups is 1. The Labute approximate surface area is 195 Å². The van der Waals surface area contributed by atoms with Gasteiger partial charge in [0, 0.05) is 49.3 Å². The molecule has 0 saturated carbocycles. The molecule has 3 N–H and O–H groups in total. The van der Waals surface area contributed by atoms with Crippen LogP contribution in [0.1, 0.15) is 49.1 Å². The molecule has 0 spiro atoms. The molecule has 1 aromatic heterocycles. The fraction of sp³-hybridized carbons (Fsp3) is 0.480. The summed E-state index contributed by atoms with van der Waals surface area (Å²) in [5.74, 6) is -0.558. The lowest BCUT2D eigenvalue weighted by atomic mass is 9.94. The first-order chi connectivity index (χ1) is 15.8. The number of rotatable bonds is 8. The highest BCUT2D eigenvalue weighted by Crippen LogP contribution is 2.21. The Morgan fingerprint density at radius 1 is 1.12 bits per heavy atom. The third-order valence-electron chi connectivity index (χ3n) is 5.98. The van der Waals surface area contributed by atoms with Gasteiger partial charge in [-0.2, -0.15) is 0 Å². The number of benzene rings is 1. The zero-order valence-electron chi connectivity index (χ0n) is 19.7. The first-order valence-electron chi connectivity index (χ1n) is 11.6. The molecule has 1 fully saturated rings. The molecular formula is C25H34FN5O2. The summed E-state index contributed by atoms with van der Waals surface area (Å²) in [4.78, 5) is 31.5. The molecule has 8 heteroatoms. The number of hydrogen-bond donors (Lipinski definition) is 3. The van der Waals surface area contributed by atoms with Gasteiger partial charge < -0.3 is 20.9 Å². The summed E-state index contributed by atoms with van der Waals surface area (Å²) in [6, 6.07) is 9.76. The fourth-order valence-electron chi connectivity index (χ4n) is 4.28. The molecule has 2 aromatic rings. The molecular weight excluding hydrogens is 421 g/mol. The highest BCUT2D eigenvalue weighted by atomic mass is 19.1. The molecule has 3 rings (SSSR count). The smallest absolute Gasteiger partial charge is 0.319 e. The maximum absolute atomic E-state index is 13.2. The molecule has 1 aliphatic heterocycles. The fourth-order valence-corrected chi connectivity index (χ4v) is 4.28. The van der Waals surface area contributed by atoms with Crippen molar-refractivity contribution in [3.63, 3.8) is 0 Å². The van der Waals surface area contributed by atoms with Crippen molar-refractivity contribution in [2.45, 2.75) is 52.0 Å². The van der Waals surface area contributed by atoms with E-state index in [1.807, 2.05) is 32.9 Å². The predicted molar refractivity (Wildman–Crippen MR) is 128 cm³/mol. The Morgan fingerprint density at radius 3 is 2.36 bits per heavy atom. The molecule has 178 valence electrons. The lowest BCUT2D eigenvalue weighted by Gasteiger charge is -2.33. The Bertz CT molecular complexity index is 922. The second kappa shape index (κ2) is 11.7. The van der Waals surface area contributed by atoms with Gasteiger partial charge >= 0.3 is 6.03 Å². The Hall–Kier alpha value is -3.00. The van der Waals surface area contributed by atoms with E-state index in [2.05, 4.69) is 25.8 Å². The van der Waals surface area contributed by atoms with Crippen LogP contribution >= 0.6 is 0 Å². The summed E-state index contributed by atoms with van der Waals surface area (Å²) < 4.78 is 13.2. The number of halogens is 1. The van der Waals surface area contributed by atoms with E-state index in [4.69, 9.17) is 0 Å². The van der Waals surface area contributed by atoms with Crippen LogP contribution < -0.4 is 16.0 Å². The number of carbonyl (C=O) groups is 2. The predicted octanol–water partition coefficient (Wildman–Crippen LogP) is 3.73. The summed E-state index contributed by atoms with van der Waals surface area (Å²) in [6.45, 7) is 8.80. The van der Waals surface area contributed by atoms with Gasteiger partial charge in [-0.1, -0.05) is 19.1 Å². The van der Waals surface area contributed by atoms with Gasteiger partial charge in [0.15, 0.2) is 0 Å². The molecule has 0 bridgehead atoms. The van der Waals surface area contributed by atoms with E-state index in [1.165, 1.54) is 12.1 Å².